The Morgan fingerprint density at radius 1 is 0.921 bits per heavy atom. The van der Waals surface area contributed by atoms with E-state index < -0.39 is 30.7 Å². The molecule has 1 unspecified atom stereocenters. The van der Waals surface area contributed by atoms with Gasteiger partial charge in [0.2, 0.25) is 0 Å². The van der Waals surface area contributed by atoms with E-state index in [1.54, 1.807) is 30.3 Å². The molecular formula is C27H24F7NO3. The fourth-order valence-electron chi connectivity index (χ4n) is 4.28. The minimum atomic E-state index is -4.84. The molecular weight excluding hydrogens is 519 g/mol. The molecule has 4 nitrogen and oxygen atoms in total. The zero-order chi connectivity index (χ0) is 27.5. The zero-order valence-electron chi connectivity index (χ0n) is 20.2. The van der Waals surface area contributed by atoms with Gasteiger partial charge >= 0.3 is 18.9 Å². The molecule has 0 saturated heterocycles. The number of hydrogen-bond donors (Lipinski definition) is 0. The van der Waals surface area contributed by atoms with Crippen LogP contribution >= 0.6 is 0 Å². The Balaban J connectivity index is 1.69. The maximum absolute atomic E-state index is 13.5. The van der Waals surface area contributed by atoms with E-state index in [4.69, 9.17) is 4.74 Å². The normalized spacial score (nSPS) is 15.7. The van der Waals surface area contributed by atoms with Crippen molar-refractivity contribution in [2.24, 2.45) is 0 Å². The van der Waals surface area contributed by atoms with Gasteiger partial charge in [0, 0.05) is 12.1 Å². The fraction of sp³-hybridized carbons (Fsp3) is 0.333. The van der Waals surface area contributed by atoms with Crippen LogP contribution < -0.4 is 19.1 Å². The van der Waals surface area contributed by atoms with Crippen molar-refractivity contribution in [1.29, 1.82) is 0 Å². The summed E-state index contributed by atoms with van der Waals surface area (Å²) < 4.78 is 105. The van der Waals surface area contributed by atoms with Crippen LogP contribution in [-0.4, -0.2) is 32.0 Å². The molecule has 1 aliphatic rings. The summed E-state index contributed by atoms with van der Waals surface area (Å²) in [5.74, 6) is -0.341. The number of halogens is 7. The van der Waals surface area contributed by atoms with Gasteiger partial charge in [-0.25, -0.2) is 0 Å². The van der Waals surface area contributed by atoms with Gasteiger partial charge in [-0.3, -0.25) is 0 Å². The summed E-state index contributed by atoms with van der Waals surface area (Å²) in [6.07, 6.45) is -11.9. The van der Waals surface area contributed by atoms with Crippen LogP contribution in [0, 0.1) is 0 Å². The van der Waals surface area contributed by atoms with Gasteiger partial charge in [-0.2, -0.15) is 17.6 Å². The van der Waals surface area contributed by atoms with E-state index in [1.807, 2.05) is 11.8 Å². The average molecular weight is 543 g/mol. The lowest BCUT2D eigenvalue weighted by atomic mass is 9.98. The summed E-state index contributed by atoms with van der Waals surface area (Å²) in [5.41, 5.74) is 2.16. The Morgan fingerprint density at radius 2 is 1.61 bits per heavy atom. The smallest absolute Gasteiger partial charge is 0.488 e. The number of benzene rings is 3. The second-order valence-electron chi connectivity index (χ2n) is 8.64. The van der Waals surface area contributed by atoms with Gasteiger partial charge in [-0.1, -0.05) is 49.7 Å². The summed E-state index contributed by atoms with van der Waals surface area (Å²) in [7, 11) is 0. The largest absolute Gasteiger partial charge is 0.573 e. The first-order valence-corrected chi connectivity index (χ1v) is 11.8. The van der Waals surface area contributed by atoms with E-state index in [2.05, 4.69) is 9.47 Å². The predicted octanol–water partition coefficient (Wildman–Crippen LogP) is 8.23. The monoisotopic (exact) mass is 543 g/mol. The molecule has 38 heavy (non-hydrogen) atoms. The zero-order valence-corrected chi connectivity index (χ0v) is 20.2. The average Bonchev–Trinajstić information content (AvgIpc) is 2.85. The summed E-state index contributed by atoms with van der Waals surface area (Å²) in [6.45, 7) is 2.62. The number of alkyl halides is 7. The number of nitrogens with zero attached hydrogens (tertiary/aromatic N) is 1. The van der Waals surface area contributed by atoms with Crippen LogP contribution in [0.3, 0.4) is 0 Å². The lowest BCUT2D eigenvalue weighted by Crippen LogP contribution is -2.37. The van der Waals surface area contributed by atoms with Crippen molar-refractivity contribution in [3.05, 3.63) is 72.3 Å². The van der Waals surface area contributed by atoms with Gasteiger partial charge in [0.05, 0.1) is 11.7 Å². The molecule has 11 heteroatoms. The highest BCUT2D eigenvalue weighted by molar-refractivity contribution is 5.80. The molecule has 0 radical (unpaired) electrons. The lowest BCUT2D eigenvalue weighted by molar-refractivity contribution is -0.274. The third-order valence-corrected chi connectivity index (χ3v) is 5.95. The molecule has 0 bridgehead atoms. The Labute approximate surface area is 214 Å². The third kappa shape index (κ3) is 6.25. The van der Waals surface area contributed by atoms with Crippen molar-refractivity contribution >= 4 is 5.69 Å². The van der Waals surface area contributed by atoms with Gasteiger partial charge in [-0.15, -0.1) is 13.2 Å². The molecule has 4 rings (SSSR count). The number of hydrogen-bond acceptors (Lipinski definition) is 4. The predicted molar refractivity (Wildman–Crippen MR) is 127 cm³/mol. The Hall–Kier alpha value is -3.63. The van der Waals surface area contributed by atoms with Gasteiger partial charge in [-0.05, 0) is 47.9 Å². The second-order valence-corrected chi connectivity index (χ2v) is 8.64. The van der Waals surface area contributed by atoms with Crippen LogP contribution in [0.5, 0.6) is 17.2 Å². The molecule has 1 atom stereocenters. The number of anilines is 1. The second kappa shape index (κ2) is 11.0. The highest BCUT2D eigenvalue weighted by Crippen LogP contribution is 2.46. The molecule has 0 aromatic heterocycles. The molecule has 0 amide bonds. The lowest BCUT2D eigenvalue weighted by Gasteiger charge is -2.40. The Kier molecular flexibility index (Phi) is 7.94. The fourth-order valence-corrected chi connectivity index (χ4v) is 4.28. The number of para-hydroxylation sites is 1. The van der Waals surface area contributed by atoms with Crippen molar-refractivity contribution in [2.45, 2.75) is 44.7 Å². The van der Waals surface area contributed by atoms with Crippen LogP contribution in [0.1, 0.15) is 31.4 Å². The number of fused-ring (bicyclic) bond motifs is 1. The van der Waals surface area contributed by atoms with E-state index in [0.29, 0.717) is 34.7 Å². The molecule has 0 aliphatic carbocycles. The topological polar surface area (TPSA) is 30.9 Å². The summed E-state index contributed by atoms with van der Waals surface area (Å²) in [5, 5.41) is 0. The van der Waals surface area contributed by atoms with E-state index >= 15 is 0 Å². The maximum atomic E-state index is 13.5. The highest BCUT2D eigenvalue weighted by Gasteiger charge is 2.44. The molecule has 0 fully saturated rings. The SMILES string of the molecule is CCCCN1c2cccc(-c3cccc(OC(F)(F)F)c3)c2OCC1c1cccc(OC(F)(F)C(F)F)c1. The third-order valence-electron chi connectivity index (χ3n) is 5.95. The highest BCUT2D eigenvalue weighted by atomic mass is 19.4. The van der Waals surface area contributed by atoms with Gasteiger partial charge in [0.15, 0.2) is 5.75 Å². The van der Waals surface area contributed by atoms with Crippen LogP contribution in [0.4, 0.5) is 36.4 Å². The first-order chi connectivity index (χ1) is 18.0. The minimum Gasteiger partial charge on any atom is -0.488 e. The van der Waals surface area contributed by atoms with Crippen molar-refractivity contribution in [3.63, 3.8) is 0 Å². The van der Waals surface area contributed by atoms with Gasteiger partial charge < -0.3 is 19.1 Å². The molecule has 1 heterocycles. The summed E-state index contributed by atoms with van der Waals surface area (Å²) in [6, 6.07) is 15.8. The molecule has 3 aromatic rings. The van der Waals surface area contributed by atoms with Crippen LogP contribution in [-0.2, 0) is 0 Å². The van der Waals surface area contributed by atoms with Crippen molar-refractivity contribution in [1.82, 2.24) is 0 Å². The first kappa shape index (κ1) is 27.4. The van der Waals surface area contributed by atoms with Crippen LogP contribution in [0.2, 0.25) is 0 Å². The Morgan fingerprint density at radius 3 is 2.29 bits per heavy atom. The molecule has 0 saturated carbocycles. The maximum Gasteiger partial charge on any atom is 0.573 e. The molecule has 3 aromatic carbocycles. The van der Waals surface area contributed by atoms with Crippen molar-refractivity contribution in [3.8, 4) is 28.4 Å². The van der Waals surface area contributed by atoms with Crippen LogP contribution in [0.15, 0.2) is 66.7 Å². The molecule has 0 spiro atoms. The Bertz CT molecular complexity index is 1250. The van der Waals surface area contributed by atoms with Gasteiger partial charge in [0.1, 0.15) is 18.1 Å². The van der Waals surface area contributed by atoms with E-state index in [-0.39, 0.29) is 12.4 Å². The summed E-state index contributed by atoms with van der Waals surface area (Å²) in [4.78, 5) is 2.01. The number of unbranched alkanes of at least 4 members (excludes halogenated alkanes) is 1. The first-order valence-electron chi connectivity index (χ1n) is 11.8. The molecule has 204 valence electrons. The number of ether oxygens (including phenoxy) is 3. The summed E-state index contributed by atoms with van der Waals surface area (Å²) >= 11 is 0. The minimum absolute atomic E-state index is 0.0706. The van der Waals surface area contributed by atoms with E-state index in [9.17, 15) is 30.7 Å². The standard InChI is InChI=1S/C27H24F7NO3/c1-2-3-13-35-22-12-6-11-21(17-7-4-10-20(14-17)38-27(32,33)34)24(22)36-16-23(35)18-8-5-9-19(15-18)37-26(30,31)25(28)29/h4-12,14-15,23,25H,2-3,13,16H2,1H3. The molecule has 0 N–H and O–H groups in total. The van der Waals surface area contributed by atoms with Crippen molar-refractivity contribution in [2.75, 3.05) is 18.1 Å². The van der Waals surface area contributed by atoms with Crippen molar-refractivity contribution < 1.29 is 44.9 Å². The van der Waals surface area contributed by atoms with E-state index in [0.717, 1.165) is 12.8 Å². The quantitative estimate of drug-likeness (QED) is 0.255. The van der Waals surface area contributed by atoms with Crippen LogP contribution in [0.25, 0.3) is 11.1 Å². The van der Waals surface area contributed by atoms with E-state index in [1.165, 1.54) is 36.4 Å². The number of rotatable bonds is 9. The van der Waals surface area contributed by atoms with Gasteiger partial charge in [0.25, 0.3) is 0 Å². The molecule has 1 aliphatic heterocycles.